The fourth-order valence-electron chi connectivity index (χ4n) is 1.50. The van der Waals surface area contributed by atoms with Gasteiger partial charge in [0.1, 0.15) is 0 Å². The van der Waals surface area contributed by atoms with E-state index in [9.17, 15) is 9.59 Å². The molecule has 1 atom stereocenters. The second kappa shape index (κ2) is 6.40. The molecule has 0 spiro atoms. The van der Waals surface area contributed by atoms with Crippen LogP contribution in [0.4, 0.5) is 0 Å². The van der Waals surface area contributed by atoms with Gasteiger partial charge in [-0.15, -0.1) is 0 Å². The first-order chi connectivity index (χ1) is 8.40. The van der Waals surface area contributed by atoms with Crippen LogP contribution in [0, 0.1) is 5.92 Å². The van der Waals surface area contributed by atoms with E-state index >= 15 is 0 Å². The molecule has 1 aromatic rings. The highest BCUT2D eigenvalue weighted by Crippen LogP contribution is 2.11. The molecule has 1 rings (SSSR count). The number of carboxylic acid groups (broad SMARTS) is 1. The number of likely N-dealkylation sites (N-methyl/N-ethyl adjacent to an activating group) is 1. The van der Waals surface area contributed by atoms with E-state index in [0.717, 1.165) is 5.56 Å². The van der Waals surface area contributed by atoms with Gasteiger partial charge >= 0.3 is 5.97 Å². The Bertz CT molecular complexity index is 430. The molecule has 0 saturated heterocycles. The van der Waals surface area contributed by atoms with Crippen LogP contribution in [0.3, 0.4) is 0 Å². The first kappa shape index (κ1) is 14.5. The van der Waals surface area contributed by atoms with E-state index in [1.165, 1.54) is 4.90 Å². The molecule has 0 unspecified atom stereocenters. The summed E-state index contributed by atoms with van der Waals surface area (Å²) in [7, 11) is 1.61. The molecular formula is C13H16ClNO3. The molecule has 4 nitrogen and oxygen atoms in total. The maximum absolute atomic E-state index is 11.9. The van der Waals surface area contributed by atoms with Crippen molar-refractivity contribution < 1.29 is 14.7 Å². The summed E-state index contributed by atoms with van der Waals surface area (Å²) in [6, 6.07) is 7.03. The van der Waals surface area contributed by atoms with Gasteiger partial charge in [0.2, 0.25) is 5.91 Å². The number of carbonyl (C=O) groups is 2. The Hall–Kier alpha value is -1.55. The zero-order valence-electron chi connectivity index (χ0n) is 10.4. The maximum Gasteiger partial charge on any atom is 0.308 e. The van der Waals surface area contributed by atoms with Gasteiger partial charge in [0, 0.05) is 18.6 Å². The summed E-state index contributed by atoms with van der Waals surface area (Å²) >= 11 is 5.75. The molecule has 0 saturated carbocycles. The van der Waals surface area contributed by atoms with Crippen molar-refractivity contribution in [1.82, 2.24) is 4.90 Å². The highest BCUT2D eigenvalue weighted by atomic mass is 35.5. The van der Waals surface area contributed by atoms with Crippen LogP contribution in [0.15, 0.2) is 24.3 Å². The standard InChI is InChI=1S/C13H16ClNO3/c1-9(13(17)18)8-15(2)12(16)7-10-3-5-11(14)6-4-10/h3-6,9H,7-8H2,1-2H3,(H,17,18)/t9-/m0/s1. The fourth-order valence-corrected chi connectivity index (χ4v) is 1.63. The number of carbonyl (C=O) groups excluding carboxylic acids is 1. The first-order valence-electron chi connectivity index (χ1n) is 5.61. The monoisotopic (exact) mass is 269 g/mol. The number of benzene rings is 1. The van der Waals surface area contributed by atoms with Gasteiger partial charge in [0.25, 0.3) is 0 Å². The van der Waals surface area contributed by atoms with Crippen LogP contribution in [-0.4, -0.2) is 35.5 Å². The number of carboxylic acids is 1. The summed E-state index contributed by atoms with van der Waals surface area (Å²) in [5.74, 6) is -1.57. The molecule has 0 aliphatic rings. The Kier molecular flexibility index (Phi) is 5.16. The molecular weight excluding hydrogens is 254 g/mol. The highest BCUT2D eigenvalue weighted by molar-refractivity contribution is 6.30. The molecule has 0 radical (unpaired) electrons. The normalized spacial score (nSPS) is 11.9. The molecule has 0 aliphatic carbocycles. The molecule has 0 aromatic heterocycles. The lowest BCUT2D eigenvalue weighted by Gasteiger charge is -2.19. The minimum absolute atomic E-state index is 0.106. The topological polar surface area (TPSA) is 57.6 Å². The highest BCUT2D eigenvalue weighted by Gasteiger charge is 2.17. The van der Waals surface area contributed by atoms with E-state index in [1.54, 1.807) is 38.2 Å². The van der Waals surface area contributed by atoms with Gasteiger partial charge in [-0.05, 0) is 17.7 Å². The van der Waals surface area contributed by atoms with Crippen LogP contribution in [0.25, 0.3) is 0 Å². The lowest BCUT2D eigenvalue weighted by atomic mass is 10.1. The number of hydrogen-bond acceptors (Lipinski definition) is 2. The Morgan fingerprint density at radius 3 is 2.39 bits per heavy atom. The van der Waals surface area contributed by atoms with Crippen molar-refractivity contribution in [2.75, 3.05) is 13.6 Å². The summed E-state index contributed by atoms with van der Waals surface area (Å²) in [6.45, 7) is 1.79. The van der Waals surface area contributed by atoms with Gasteiger partial charge < -0.3 is 10.0 Å². The van der Waals surface area contributed by atoms with Crippen molar-refractivity contribution in [3.05, 3.63) is 34.9 Å². The van der Waals surface area contributed by atoms with Crippen molar-refractivity contribution >= 4 is 23.5 Å². The van der Waals surface area contributed by atoms with Gasteiger partial charge in [-0.1, -0.05) is 30.7 Å². The van der Waals surface area contributed by atoms with Crippen LogP contribution < -0.4 is 0 Å². The molecule has 18 heavy (non-hydrogen) atoms. The Morgan fingerprint density at radius 1 is 1.33 bits per heavy atom. The molecule has 0 fully saturated rings. The van der Waals surface area contributed by atoms with Gasteiger partial charge in [0.05, 0.1) is 12.3 Å². The number of hydrogen-bond donors (Lipinski definition) is 1. The zero-order valence-corrected chi connectivity index (χ0v) is 11.1. The number of amides is 1. The molecule has 5 heteroatoms. The average molecular weight is 270 g/mol. The van der Waals surface area contributed by atoms with Crippen LogP contribution in [-0.2, 0) is 16.0 Å². The summed E-state index contributed by atoms with van der Waals surface area (Å²) in [5, 5.41) is 9.40. The summed E-state index contributed by atoms with van der Waals surface area (Å²) in [5.41, 5.74) is 0.860. The molecule has 1 amide bonds. The summed E-state index contributed by atoms with van der Waals surface area (Å²) in [4.78, 5) is 24.0. The van der Waals surface area contributed by atoms with Crippen LogP contribution >= 0.6 is 11.6 Å². The van der Waals surface area contributed by atoms with Gasteiger partial charge in [-0.2, -0.15) is 0 Å². The Balaban J connectivity index is 2.54. The van der Waals surface area contributed by atoms with Gasteiger partial charge in [-0.3, -0.25) is 9.59 Å². The third-order valence-corrected chi connectivity index (χ3v) is 2.92. The molecule has 1 N–H and O–H groups in total. The minimum atomic E-state index is -0.902. The summed E-state index contributed by atoms with van der Waals surface area (Å²) in [6.07, 6.45) is 0.250. The second-order valence-corrected chi connectivity index (χ2v) is 4.75. The number of nitrogens with zero attached hydrogens (tertiary/aromatic N) is 1. The predicted molar refractivity (Wildman–Crippen MR) is 69.6 cm³/mol. The Morgan fingerprint density at radius 2 is 1.89 bits per heavy atom. The van der Waals surface area contributed by atoms with Crippen molar-refractivity contribution in [1.29, 1.82) is 0 Å². The minimum Gasteiger partial charge on any atom is -0.481 e. The van der Waals surface area contributed by atoms with E-state index in [1.807, 2.05) is 0 Å². The van der Waals surface area contributed by atoms with E-state index in [4.69, 9.17) is 16.7 Å². The van der Waals surface area contributed by atoms with Crippen LogP contribution in [0.1, 0.15) is 12.5 Å². The van der Waals surface area contributed by atoms with Crippen molar-refractivity contribution in [3.8, 4) is 0 Å². The second-order valence-electron chi connectivity index (χ2n) is 4.32. The first-order valence-corrected chi connectivity index (χ1v) is 5.99. The zero-order chi connectivity index (χ0) is 13.7. The third-order valence-electron chi connectivity index (χ3n) is 2.66. The SMILES string of the molecule is C[C@@H](CN(C)C(=O)Cc1ccc(Cl)cc1)C(=O)O. The molecule has 0 heterocycles. The number of aliphatic carboxylic acids is 1. The summed E-state index contributed by atoms with van der Waals surface area (Å²) < 4.78 is 0. The van der Waals surface area contributed by atoms with Crippen molar-refractivity contribution in [2.24, 2.45) is 5.92 Å². The van der Waals surface area contributed by atoms with E-state index < -0.39 is 11.9 Å². The molecule has 0 bridgehead atoms. The van der Waals surface area contributed by atoms with E-state index in [-0.39, 0.29) is 18.9 Å². The smallest absolute Gasteiger partial charge is 0.308 e. The third kappa shape index (κ3) is 4.37. The average Bonchev–Trinajstić information content (AvgIpc) is 2.31. The molecule has 1 aromatic carbocycles. The Labute approximate surface area is 111 Å². The fraction of sp³-hybridized carbons (Fsp3) is 0.385. The quantitative estimate of drug-likeness (QED) is 0.890. The lowest BCUT2D eigenvalue weighted by Crippen LogP contribution is -2.34. The van der Waals surface area contributed by atoms with Crippen molar-refractivity contribution in [2.45, 2.75) is 13.3 Å². The van der Waals surface area contributed by atoms with E-state index in [2.05, 4.69) is 0 Å². The largest absolute Gasteiger partial charge is 0.481 e. The van der Waals surface area contributed by atoms with Gasteiger partial charge in [-0.25, -0.2) is 0 Å². The van der Waals surface area contributed by atoms with E-state index in [0.29, 0.717) is 5.02 Å². The predicted octanol–water partition coefficient (Wildman–Crippen LogP) is 2.06. The molecule has 98 valence electrons. The number of rotatable bonds is 5. The number of halogens is 1. The molecule has 0 aliphatic heterocycles. The van der Waals surface area contributed by atoms with Crippen molar-refractivity contribution in [3.63, 3.8) is 0 Å². The van der Waals surface area contributed by atoms with Crippen LogP contribution in [0.2, 0.25) is 5.02 Å². The maximum atomic E-state index is 11.9. The lowest BCUT2D eigenvalue weighted by molar-refractivity contribution is -0.142. The van der Waals surface area contributed by atoms with Crippen LogP contribution in [0.5, 0.6) is 0 Å². The van der Waals surface area contributed by atoms with Gasteiger partial charge in [0.15, 0.2) is 0 Å².